The minimum absolute atomic E-state index is 0.166. The second-order valence-corrected chi connectivity index (χ2v) is 7.38. The summed E-state index contributed by atoms with van der Waals surface area (Å²) in [7, 11) is 0. The minimum Gasteiger partial charge on any atom is -0.321 e. The molecule has 26 heavy (non-hydrogen) atoms. The van der Waals surface area contributed by atoms with Crippen molar-refractivity contribution >= 4 is 49.9 Å². The molecule has 0 fully saturated rings. The molecule has 0 bridgehead atoms. The first kappa shape index (κ1) is 18.3. The molecule has 3 aromatic rings. The lowest BCUT2D eigenvalue weighted by atomic mass is 10.1. The smallest absolute Gasteiger partial charge is 0.275 e. The summed E-state index contributed by atoms with van der Waals surface area (Å²) in [6, 6.07) is 15.0. The molecule has 132 valence electrons. The second-order valence-electron chi connectivity index (χ2n) is 5.67. The Morgan fingerprint density at radius 1 is 1.12 bits per heavy atom. The van der Waals surface area contributed by atoms with Gasteiger partial charge in [-0.1, -0.05) is 46.3 Å². The number of nitrogens with zero attached hydrogens (tertiary/aromatic N) is 1. The fraction of sp³-hybridized carbons (Fsp3) is 0.105. The van der Waals surface area contributed by atoms with Crippen molar-refractivity contribution in [3.63, 3.8) is 0 Å². The van der Waals surface area contributed by atoms with E-state index in [0.717, 1.165) is 15.6 Å². The Bertz CT molecular complexity index is 941. The van der Waals surface area contributed by atoms with E-state index in [4.69, 9.17) is 0 Å². The first-order valence-electron chi connectivity index (χ1n) is 7.88. The molecule has 0 aliphatic rings. The number of hydrogen-bond donors (Lipinski definition) is 2. The third-order valence-electron chi connectivity index (χ3n) is 3.61. The highest BCUT2D eigenvalue weighted by Crippen LogP contribution is 2.21. The third kappa shape index (κ3) is 4.77. The van der Waals surface area contributed by atoms with E-state index in [1.165, 1.54) is 11.3 Å². The summed E-state index contributed by atoms with van der Waals surface area (Å²) >= 11 is 4.65. The van der Waals surface area contributed by atoms with E-state index in [2.05, 4.69) is 31.5 Å². The van der Waals surface area contributed by atoms with Crippen molar-refractivity contribution in [2.75, 3.05) is 10.6 Å². The quantitative estimate of drug-likeness (QED) is 0.619. The van der Waals surface area contributed by atoms with Gasteiger partial charge in [0, 0.05) is 15.5 Å². The molecule has 3 rings (SSSR count). The molecule has 1 heterocycles. The zero-order chi connectivity index (χ0) is 18.5. The summed E-state index contributed by atoms with van der Waals surface area (Å²) in [5, 5.41) is 7.56. The van der Waals surface area contributed by atoms with E-state index in [0.29, 0.717) is 10.8 Å². The van der Waals surface area contributed by atoms with E-state index in [1.807, 2.05) is 55.5 Å². The molecular formula is C19H16BrN3O2S. The molecule has 1 aromatic heterocycles. The van der Waals surface area contributed by atoms with Crippen LogP contribution in [0.4, 0.5) is 10.8 Å². The number of nitrogens with one attached hydrogen (secondary N) is 2. The third-order valence-corrected chi connectivity index (χ3v) is 5.25. The van der Waals surface area contributed by atoms with Gasteiger partial charge in [0.25, 0.3) is 5.91 Å². The first-order valence-corrected chi connectivity index (χ1v) is 9.55. The van der Waals surface area contributed by atoms with Crippen LogP contribution < -0.4 is 10.6 Å². The molecule has 0 atom stereocenters. The van der Waals surface area contributed by atoms with Gasteiger partial charge in [-0.15, -0.1) is 11.3 Å². The van der Waals surface area contributed by atoms with Gasteiger partial charge in [-0.25, -0.2) is 4.98 Å². The largest absolute Gasteiger partial charge is 0.321 e. The highest BCUT2D eigenvalue weighted by molar-refractivity contribution is 9.10. The normalized spacial score (nSPS) is 10.4. The van der Waals surface area contributed by atoms with Crippen LogP contribution in [0.2, 0.25) is 0 Å². The molecule has 2 aromatic carbocycles. The molecule has 0 saturated carbocycles. The van der Waals surface area contributed by atoms with Crippen molar-refractivity contribution in [2.24, 2.45) is 0 Å². The SMILES string of the molecule is Cc1cc(NC(=O)c2csc(NC(=O)Cc3ccccc3)n2)ccc1Br. The van der Waals surface area contributed by atoms with Gasteiger partial charge in [-0.3, -0.25) is 9.59 Å². The number of aromatic nitrogens is 1. The molecule has 0 saturated heterocycles. The summed E-state index contributed by atoms with van der Waals surface area (Å²) < 4.78 is 0.979. The number of carbonyl (C=O) groups is 2. The van der Waals surface area contributed by atoms with Crippen LogP contribution in [0.3, 0.4) is 0 Å². The van der Waals surface area contributed by atoms with Crippen molar-refractivity contribution in [2.45, 2.75) is 13.3 Å². The number of benzene rings is 2. The van der Waals surface area contributed by atoms with Crippen LogP contribution in [0.25, 0.3) is 0 Å². The summed E-state index contributed by atoms with van der Waals surface area (Å²) in [6.07, 6.45) is 0.264. The predicted molar refractivity (Wildman–Crippen MR) is 108 cm³/mol. The van der Waals surface area contributed by atoms with Gasteiger partial charge < -0.3 is 10.6 Å². The van der Waals surface area contributed by atoms with Crippen LogP contribution in [0.15, 0.2) is 58.4 Å². The first-order chi connectivity index (χ1) is 12.5. The Kier molecular flexibility index (Phi) is 5.80. The number of amides is 2. The average molecular weight is 430 g/mol. The number of thiazole rings is 1. The van der Waals surface area contributed by atoms with Crippen molar-refractivity contribution in [3.8, 4) is 0 Å². The Morgan fingerprint density at radius 3 is 2.62 bits per heavy atom. The molecule has 0 spiro atoms. The molecule has 0 aliphatic heterocycles. The molecule has 0 radical (unpaired) electrons. The second kappa shape index (κ2) is 8.25. The van der Waals surface area contributed by atoms with Gasteiger partial charge in [0.1, 0.15) is 5.69 Å². The summed E-state index contributed by atoms with van der Waals surface area (Å²) in [5.41, 5.74) is 2.91. The van der Waals surface area contributed by atoms with Crippen LogP contribution in [0, 0.1) is 6.92 Å². The fourth-order valence-electron chi connectivity index (χ4n) is 2.30. The Morgan fingerprint density at radius 2 is 1.88 bits per heavy atom. The number of aryl methyl sites for hydroxylation is 1. The molecule has 5 nitrogen and oxygen atoms in total. The lowest BCUT2D eigenvalue weighted by Gasteiger charge is -2.05. The van der Waals surface area contributed by atoms with Gasteiger partial charge in [0.05, 0.1) is 6.42 Å². The zero-order valence-corrected chi connectivity index (χ0v) is 16.4. The van der Waals surface area contributed by atoms with Gasteiger partial charge in [-0.2, -0.15) is 0 Å². The topological polar surface area (TPSA) is 71.1 Å². The number of rotatable bonds is 5. The van der Waals surface area contributed by atoms with E-state index in [-0.39, 0.29) is 23.9 Å². The molecule has 0 unspecified atom stereocenters. The van der Waals surface area contributed by atoms with Crippen molar-refractivity contribution in [3.05, 3.63) is 75.2 Å². The standard InChI is InChI=1S/C19H16BrN3O2S/c1-12-9-14(7-8-15(12)20)21-18(25)16-11-26-19(22-16)23-17(24)10-13-5-3-2-4-6-13/h2-9,11H,10H2,1H3,(H,21,25)(H,22,23,24). The minimum atomic E-state index is -0.313. The molecule has 0 aliphatic carbocycles. The van der Waals surface area contributed by atoms with E-state index in [9.17, 15) is 9.59 Å². The van der Waals surface area contributed by atoms with Crippen molar-refractivity contribution in [1.82, 2.24) is 4.98 Å². The highest BCUT2D eigenvalue weighted by Gasteiger charge is 2.13. The van der Waals surface area contributed by atoms with Crippen LogP contribution in [0.1, 0.15) is 21.6 Å². The maximum absolute atomic E-state index is 12.3. The molecule has 2 N–H and O–H groups in total. The van der Waals surface area contributed by atoms with Crippen molar-refractivity contribution < 1.29 is 9.59 Å². The van der Waals surface area contributed by atoms with Crippen molar-refractivity contribution in [1.29, 1.82) is 0 Å². The molecular weight excluding hydrogens is 414 g/mol. The summed E-state index contributed by atoms with van der Waals surface area (Å²) in [6.45, 7) is 1.95. The van der Waals surface area contributed by atoms with Gasteiger partial charge >= 0.3 is 0 Å². The predicted octanol–water partition coefficient (Wildman–Crippen LogP) is 4.65. The van der Waals surface area contributed by atoms with E-state index < -0.39 is 0 Å². The lowest BCUT2D eigenvalue weighted by molar-refractivity contribution is -0.115. The number of anilines is 2. The molecule has 2 amide bonds. The number of hydrogen-bond acceptors (Lipinski definition) is 4. The summed E-state index contributed by atoms with van der Waals surface area (Å²) in [4.78, 5) is 28.6. The monoisotopic (exact) mass is 429 g/mol. The van der Waals surface area contributed by atoms with E-state index >= 15 is 0 Å². The van der Waals surface area contributed by atoms with Gasteiger partial charge in [0.2, 0.25) is 5.91 Å². The highest BCUT2D eigenvalue weighted by atomic mass is 79.9. The molecule has 7 heteroatoms. The van der Waals surface area contributed by atoms with E-state index in [1.54, 1.807) is 5.38 Å². The Balaban J connectivity index is 1.60. The van der Waals surface area contributed by atoms with Crippen LogP contribution in [-0.2, 0) is 11.2 Å². The fourth-order valence-corrected chi connectivity index (χ4v) is 3.25. The van der Waals surface area contributed by atoms with Gasteiger partial charge in [-0.05, 0) is 36.2 Å². The Hall–Kier alpha value is -2.51. The Labute approximate surface area is 163 Å². The number of carbonyl (C=O) groups excluding carboxylic acids is 2. The average Bonchev–Trinajstić information content (AvgIpc) is 3.07. The van der Waals surface area contributed by atoms with Gasteiger partial charge in [0.15, 0.2) is 5.13 Å². The maximum atomic E-state index is 12.3. The van der Waals surface area contributed by atoms with Crippen LogP contribution >= 0.6 is 27.3 Å². The zero-order valence-electron chi connectivity index (χ0n) is 14.0. The maximum Gasteiger partial charge on any atom is 0.275 e. The summed E-state index contributed by atoms with van der Waals surface area (Å²) in [5.74, 6) is -0.479. The van der Waals surface area contributed by atoms with Crippen LogP contribution in [0.5, 0.6) is 0 Å². The van der Waals surface area contributed by atoms with Crippen LogP contribution in [-0.4, -0.2) is 16.8 Å². The number of halogens is 1. The lowest BCUT2D eigenvalue weighted by Crippen LogP contribution is -2.15.